The number of nitrogens with one attached hydrogen (secondary N) is 2. The summed E-state index contributed by atoms with van der Waals surface area (Å²) in [5, 5.41) is 4.99. The van der Waals surface area contributed by atoms with Gasteiger partial charge in [-0.25, -0.2) is 9.37 Å². The number of fused-ring (bicyclic) bond motifs is 1. The van der Waals surface area contributed by atoms with Crippen molar-refractivity contribution in [2.45, 2.75) is 6.92 Å². The molecule has 0 fully saturated rings. The Balaban J connectivity index is 1.88. The van der Waals surface area contributed by atoms with E-state index < -0.39 is 17.6 Å². The van der Waals surface area contributed by atoms with Crippen LogP contribution in [-0.4, -0.2) is 16.8 Å². The van der Waals surface area contributed by atoms with Crippen LogP contribution in [0.5, 0.6) is 0 Å². The zero-order chi connectivity index (χ0) is 18.0. The minimum atomic E-state index is -0.623. The van der Waals surface area contributed by atoms with Crippen molar-refractivity contribution in [3.8, 4) is 0 Å². The topological polar surface area (TPSA) is 84.2 Å². The third-order valence-electron chi connectivity index (χ3n) is 3.44. The number of benzene rings is 2. The maximum Gasteiger partial charge on any atom is 0.258 e. The molecule has 0 aliphatic heterocycles. The summed E-state index contributed by atoms with van der Waals surface area (Å²) in [6.45, 7) is 5.00. The fraction of sp³-hybridized carbons (Fsp3) is 0.0556. The second-order valence-corrected chi connectivity index (χ2v) is 5.23. The Morgan fingerprint density at radius 3 is 2.80 bits per heavy atom. The molecule has 2 aromatic carbocycles. The molecule has 7 heteroatoms. The molecule has 0 aliphatic rings. The Morgan fingerprint density at radius 2 is 2.04 bits per heavy atom. The lowest BCUT2D eigenvalue weighted by atomic mass is 10.1. The van der Waals surface area contributed by atoms with Crippen LogP contribution < -0.4 is 10.6 Å². The summed E-state index contributed by atoms with van der Waals surface area (Å²) >= 11 is 0. The summed E-state index contributed by atoms with van der Waals surface area (Å²) in [5.74, 6) is -1.15. The first kappa shape index (κ1) is 16.4. The van der Waals surface area contributed by atoms with Gasteiger partial charge in [0.05, 0.1) is 11.3 Å². The van der Waals surface area contributed by atoms with Crippen LogP contribution in [0.4, 0.5) is 15.8 Å². The van der Waals surface area contributed by atoms with E-state index in [0.29, 0.717) is 28.2 Å². The van der Waals surface area contributed by atoms with E-state index >= 15 is 0 Å². The molecule has 0 radical (unpaired) electrons. The number of aryl methyl sites for hydroxylation is 1. The molecule has 126 valence electrons. The van der Waals surface area contributed by atoms with Crippen LogP contribution in [0.1, 0.15) is 16.2 Å². The molecule has 25 heavy (non-hydrogen) atoms. The Labute approximate surface area is 142 Å². The van der Waals surface area contributed by atoms with E-state index in [-0.39, 0.29) is 5.69 Å². The summed E-state index contributed by atoms with van der Waals surface area (Å²) in [7, 11) is 0. The summed E-state index contributed by atoms with van der Waals surface area (Å²) in [4.78, 5) is 28.1. The molecule has 2 N–H and O–H groups in total. The van der Waals surface area contributed by atoms with Crippen LogP contribution in [-0.2, 0) is 4.79 Å². The number of rotatable bonds is 4. The number of anilines is 2. The summed E-state index contributed by atoms with van der Waals surface area (Å²) < 4.78 is 19.2. The van der Waals surface area contributed by atoms with Crippen LogP contribution in [0.25, 0.3) is 11.1 Å². The standard InChI is InChI=1S/C18H14FN3O3/c1-3-16(23)22-14-9-11(7-8-13(14)19)21-18(24)12-5-4-6-15-17(12)20-10(2)25-15/h3-9H,1H2,2H3,(H,21,24)(H,22,23). The second kappa shape index (κ2) is 6.56. The average molecular weight is 339 g/mol. The fourth-order valence-electron chi connectivity index (χ4n) is 2.32. The number of hydrogen-bond donors (Lipinski definition) is 2. The van der Waals surface area contributed by atoms with Crippen molar-refractivity contribution in [3.63, 3.8) is 0 Å². The summed E-state index contributed by atoms with van der Waals surface area (Å²) in [6, 6.07) is 8.88. The Kier molecular flexibility index (Phi) is 4.30. The Morgan fingerprint density at radius 1 is 1.24 bits per heavy atom. The van der Waals surface area contributed by atoms with E-state index in [1.165, 1.54) is 12.1 Å². The maximum atomic E-state index is 13.8. The first-order valence-electron chi connectivity index (χ1n) is 7.38. The van der Waals surface area contributed by atoms with Crippen molar-refractivity contribution < 1.29 is 18.4 Å². The van der Waals surface area contributed by atoms with Crippen molar-refractivity contribution in [2.75, 3.05) is 10.6 Å². The average Bonchev–Trinajstić information content (AvgIpc) is 2.97. The van der Waals surface area contributed by atoms with Gasteiger partial charge in [0.25, 0.3) is 5.91 Å². The number of aromatic nitrogens is 1. The van der Waals surface area contributed by atoms with Gasteiger partial charge in [-0.05, 0) is 36.4 Å². The monoisotopic (exact) mass is 339 g/mol. The third kappa shape index (κ3) is 3.40. The number of oxazole rings is 1. The predicted molar refractivity (Wildman–Crippen MR) is 91.9 cm³/mol. The van der Waals surface area contributed by atoms with Gasteiger partial charge in [0, 0.05) is 12.6 Å². The molecular weight excluding hydrogens is 325 g/mol. The Bertz CT molecular complexity index is 994. The molecule has 0 bridgehead atoms. The molecule has 2 amide bonds. The van der Waals surface area contributed by atoms with Gasteiger partial charge in [0.1, 0.15) is 11.3 Å². The number of hydrogen-bond acceptors (Lipinski definition) is 4. The van der Waals surface area contributed by atoms with Crippen LogP contribution in [0.2, 0.25) is 0 Å². The molecule has 1 heterocycles. The number of carbonyl (C=O) groups excluding carboxylic acids is 2. The molecule has 0 aliphatic carbocycles. The molecule has 0 spiro atoms. The van der Waals surface area contributed by atoms with Crippen LogP contribution in [0, 0.1) is 12.7 Å². The lowest BCUT2D eigenvalue weighted by molar-refractivity contribution is -0.111. The SMILES string of the molecule is C=CC(=O)Nc1cc(NC(=O)c2cccc3oc(C)nc23)ccc1F. The molecule has 3 aromatic rings. The molecule has 0 saturated heterocycles. The van der Waals surface area contributed by atoms with Gasteiger partial charge >= 0.3 is 0 Å². The van der Waals surface area contributed by atoms with Crippen molar-refractivity contribution in [1.29, 1.82) is 0 Å². The number of para-hydroxylation sites is 1. The minimum Gasteiger partial charge on any atom is -0.441 e. The van der Waals surface area contributed by atoms with E-state index in [9.17, 15) is 14.0 Å². The van der Waals surface area contributed by atoms with E-state index in [1.807, 2.05) is 0 Å². The van der Waals surface area contributed by atoms with Crippen molar-refractivity contribution in [3.05, 3.63) is 66.3 Å². The van der Waals surface area contributed by atoms with Gasteiger partial charge in [-0.15, -0.1) is 0 Å². The molecule has 3 rings (SSSR count). The minimum absolute atomic E-state index is 0.0572. The van der Waals surface area contributed by atoms with Gasteiger partial charge < -0.3 is 15.1 Å². The molecular formula is C18H14FN3O3. The summed E-state index contributed by atoms with van der Waals surface area (Å²) in [6.07, 6.45) is 1.03. The highest BCUT2D eigenvalue weighted by atomic mass is 19.1. The highest BCUT2D eigenvalue weighted by Crippen LogP contribution is 2.23. The van der Waals surface area contributed by atoms with Crippen molar-refractivity contribution in [1.82, 2.24) is 4.98 Å². The summed E-state index contributed by atoms with van der Waals surface area (Å²) in [5.41, 5.74) is 1.54. The van der Waals surface area contributed by atoms with Crippen LogP contribution >= 0.6 is 0 Å². The number of nitrogens with zero attached hydrogens (tertiary/aromatic N) is 1. The maximum absolute atomic E-state index is 13.8. The third-order valence-corrected chi connectivity index (χ3v) is 3.44. The van der Waals surface area contributed by atoms with E-state index in [0.717, 1.165) is 12.1 Å². The molecule has 0 unspecified atom stereocenters. The quantitative estimate of drug-likeness (QED) is 0.711. The van der Waals surface area contributed by atoms with E-state index in [2.05, 4.69) is 22.2 Å². The van der Waals surface area contributed by atoms with Gasteiger partial charge in [-0.2, -0.15) is 0 Å². The first-order chi connectivity index (χ1) is 12.0. The second-order valence-electron chi connectivity index (χ2n) is 5.23. The number of carbonyl (C=O) groups is 2. The van der Waals surface area contributed by atoms with Crippen LogP contribution in [0.3, 0.4) is 0 Å². The molecule has 6 nitrogen and oxygen atoms in total. The highest BCUT2D eigenvalue weighted by Gasteiger charge is 2.15. The van der Waals surface area contributed by atoms with Crippen molar-refractivity contribution >= 4 is 34.3 Å². The van der Waals surface area contributed by atoms with Gasteiger partial charge in [0.15, 0.2) is 11.5 Å². The lowest BCUT2D eigenvalue weighted by Gasteiger charge is -2.09. The normalized spacial score (nSPS) is 10.5. The molecule has 0 atom stereocenters. The van der Waals surface area contributed by atoms with Gasteiger partial charge in [-0.3, -0.25) is 9.59 Å². The van der Waals surface area contributed by atoms with E-state index in [1.54, 1.807) is 25.1 Å². The predicted octanol–water partition coefficient (Wildman–Crippen LogP) is 3.65. The first-order valence-corrected chi connectivity index (χ1v) is 7.38. The molecule has 0 saturated carbocycles. The van der Waals surface area contributed by atoms with Gasteiger partial charge in [0.2, 0.25) is 5.91 Å². The lowest BCUT2D eigenvalue weighted by Crippen LogP contribution is -2.14. The zero-order valence-corrected chi connectivity index (χ0v) is 13.3. The van der Waals surface area contributed by atoms with Crippen LogP contribution in [0.15, 0.2) is 53.5 Å². The fourth-order valence-corrected chi connectivity index (χ4v) is 2.32. The van der Waals surface area contributed by atoms with Crippen molar-refractivity contribution in [2.24, 2.45) is 0 Å². The Hall–Kier alpha value is -3.48. The largest absolute Gasteiger partial charge is 0.441 e. The number of halogens is 1. The molecule has 1 aromatic heterocycles. The zero-order valence-electron chi connectivity index (χ0n) is 13.3. The van der Waals surface area contributed by atoms with Gasteiger partial charge in [-0.1, -0.05) is 12.6 Å². The smallest absolute Gasteiger partial charge is 0.258 e. The number of amides is 2. The van der Waals surface area contributed by atoms with E-state index in [4.69, 9.17) is 4.42 Å². The highest BCUT2D eigenvalue weighted by molar-refractivity contribution is 6.11.